The normalized spacial score (nSPS) is 11.3. The number of aromatic nitrogens is 4. The largest absolute Gasteiger partial charge is 0.201 e. The molecule has 0 aliphatic rings. The molecule has 0 saturated heterocycles. The Bertz CT molecular complexity index is 563. The molecule has 4 nitrogen and oxygen atoms in total. The average Bonchev–Trinajstić information content (AvgIpc) is 2.66. The van der Waals surface area contributed by atoms with Crippen molar-refractivity contribution in [3.8, 4) is 5.82 Å². The minimum atomic E-state index is 0.321. The van der Waals surface area contributed by atoms with Crippen LogP contribution in [0.25, 0.3) is 5.82 Å². The van der Waals surface area contributed by atoms with Crippen molar-refractivity contribution in [2.24, 2.45) is 5.92 Å². The molecule has 0 spiro atoms. The summed E-state index contributed by atoms with van der Waals surface area (Å²) < 4.78 is 1.54. The molecule has 0 bridgehead atoms. The van der Waals surface area contributed by atoms with E-state index in [9.17, 15) is 0 Å². The van der Waals surface area contributed by atoms with Crippen molar-refractivity contribution in [3.05, 3.63) is 33.7 Å². The highest BCUT2D eigenvalue weighted by Gasteiger charge is 2.18. The highest BCUT2D eigenvalue weighted by atomic mass is 35.5. The summed E-state index contributed by atoms with van der Waals surface area (Å²) >= 11 is 18.0. The predicted molar refractivity (Wildman–Crippen MR) is 77.3 cm³/mol. The summed E-state index contributed by atoms with van der Waals surface area (Å²) in [6.45, 7) is 4.24. The minimum absolute atomic E-state index is 0.321. The molecule has 0 N–H and O–H groups in total. The zero-order chi connectivity index (χ0) is 14.0. The van der Waals surface area contributed by atoms with Gasteiger partial charge in [-0.25, -0.2) is 4.68 Å². The van der Waals surface area contributed by atoms with Gasteiger partial charge in [-0.3, -0.25) is 0 Å². The summed E-state index contributed by atoms with van der Waals surface area (Å²) in [5.41, 5.74) is 1.74. The zero-order valence-corrected chi connectivity index (χ0v) is 12.8. The predicted octanol–water partition coefficient (Wildman–Crippen LogP) is 3.91. The molecular weight excluding hydrogens is 307 g/mol. The molecule has 0 saturated carbocycles. The first kappa shape index (κ1) is 14.6. The fourth-order valence-corrected chi connectivity index (χ4v) is 2.48. The van der Waals surface area contributed by atoms with Crippen LogP contribution < -0.4 is 0 Å². The van der Waals surface area contributed by atoms with Crippen LogP contribution in [0.3, 0.4) is 0 Å². The molecule has 0 amide bonds. The maximum Gasteiger partial charge on any atom is 0.177 e. The second kappa shape index (κ2) is 6.07. The molecule has 19 heavy (non-hydrogen) atoms. The van der Waals surface area contributed by atoms with Crippen LogP contribution in [0.2, 0.25) is 10.3 Å². The molecule has 0 aromatic carbocycles. The standard InChI is InChI=1S/C12H13Cl3N4/c1-7(2)5-9-8(6-13)12(15)19(18-9)11-4-3-10(14)16-17-11/h3-4,7H,5-6H2,1-2H3. The molecule has 7 heteroatoms. The smallest absolute Gasteiger partial charge is 0.177 e. The number of rotatable bonds is 4. The fraction of sp³-hybridized carbons (Fsp3) is 0.417. The van der Waals surface area contributed by atoms with Crippen LogP contribution in [0, 0.1) is 5.92 Å². The SMILES string of the molecule is CC(C)Cc1nn(-c2ccc(Cl)nn2)c(Cl)c1CCl. The van der Waals surface area contributed by atoms with Gasteiger partial charge in [0, 0.05) is 5.56 Å². The van der Waals surface area contributed by atoms with Crippen molar-refractivity contribution in [2.45, 2.75) is 26.1 Å². The Labute approximate surface area is 126 Å². The number of halogens is 3. The molecule has 0 aliphatic heterocycles. The van der Waals surface area contributed by atoms with Gasteiger partial charge in [-0.2, -0.15) is 5.10 Å². The fourth-order valence-electron chi connectivity index (χ4n) is 1.73. The van der Waals surface area contributed by atoms with E-state index in [0.717, 1.165) is 17.7 Å². The Morgan fingerprint density at radius 2 is 1.95 bits per heavy atom. The number of alkyl halides is 1. The van der Waals surface area contributed by atoms with E-state index in [-0.39, 0.29) is 0 Å². The van der Waals surface area contributed by atoms with Crippen LogP contribution in [-0.4, -0.2) is 20.0 Å². The average molecular weight is 320 g/mol. The van der Waals surface area contributed by atoms with Crippen LogP contribution in [-0.2, 0) is 12.3 Å². The Morgan fingerprint density at radius 3 is 2.47 bits per heavy atom. The van der Waals surface area contributed by atoms with Crippen molar-refractivity contribution in [2.75, 3.05) is 0 Å². The van der Waals surface area contributed by atoms with Gasteiger partial charge >= 0.3 is 0 Å². The summed E-state index contributed by atoms with van der Waals surface area (Å²) in [4.78, 5) is 0. The van der Waals surface area contributed by atoms with Crippen LogP contribution >= 0.6 is 34.8 Å². The molecule has 0 radical (unpaired) electrons. The Balaban J connectivity index is 2.46. The van der Waals surface area contributed by atoms with Crippen molar-refractivity contribution < 1.29 is 0 Å². The van der Waals surface area contributed by atoms with E-state index in [1.165, 1.54) is 0 Å². The van der Waals surface area contributed by atoms with Gasteiger partial charge in [-0.15, -0.1) is 21.8 Å². The molecule has 2 heterocycles. The summed E-state index contributed by atoms with van der Waals surface area (Å²) in [5.74, 6) is 1.32. The quantitative estimate of drug-likeness (QED) is 0.803. The second-order valence-electron chi connectivity index (χ2n) is 4.57. The van der Waals surface area contributed by atoms with E-state index < -0.39 is 0 Å². The zero-order valence-electron chi connectivity index (χ0n) is 10.6. The lowest BCUT2D eigenvalue weighted by Crippen LogP contribution is -2.02. The van der Waals surface area contributed by atoms with Gasteiger partial charge < -0.3 is 0 Å². The molecule has 2 aromatic rings. The molecule has 0 aliphatic carbocycles. The Morgan fingerprint density at radius 1 is 1.21 bits per heavy atom. The van der Waals surface area contributed by atoms with E-state index in [2.05, 4.69) is 29.1 Å². The van der Waals surface area contributed by atoms with Crippen LogP contribution in [0.15, 0.2) is 12.1 Å². The monoisotopic (exact) mass is 318 g/mol. The Hall–Kier alpha value is -0.840. The van der Waals surface area contributed by atoms with Gasteiger partial charge in [0.25, 0.3) is 0 Å². The number of hydrogen-bond donors (Lipinski definition) is 0. The maximum absolute atomic E-state index is 6.30. The van der Waals surface area contributed by atoms with Gasteiger partial charge in [0.2, 0.25) is 0 Å². The van der Waals surface area contributed by atoms with E-state index in [1.807, 2.05) is 0 Å². The summed E-state index contributed by atoms with van der Waals surface area (Å²) in [5, 5.41) is 13.0. The van der Waals surface area contributed by atoms with Gasteiger partial charge in [0.05, 0.1) is 11.6 Å². The molecule has 2 aromatic heterocycles. The first-order valence-electron chi connectivity index (χ1n) is 5.84. The number of nitrogens with zero attached hydrogens (tertiary/aromatic N) is 4. The minimum Gasteiger partial charge on any atom is -0.201 e. The molecule has 2 rings (SSSR count). The van der Waals surface area contributed by atoms with Crippen molar-refractivity contribution in [1.29, 1.82) is 0 Å². The van der Waals surface area contributed by atoms with Crippen molar-refractivity contribution in [1.82, 2.24) is 20.0 Å². The first-order chi connectivity index (χ1) is 9.02. The lowest BCUT2D eigenvalue weighted by Gasteiger charge is -2.02. The maximum atomic E-state index is 6.30. The van der Waals surface area contributed by atoms with Crippen molar-refractivity contribution in [3.63, 3.8) is 0 Å². The van der Waals surface area contributed by atoms with E-state index >= 15 is 0 Å². The molecule has 0 atom stereocenters. The van der Waals surface area contributed by atoms with E-state index in [0.29, 0.717) is 27.9 Å². The van der Waals surface area contributed by atoms with E-state index in [4.69, 9.17) is 34.8 Å². The lowest BCUT2D eigenvalue weighted by atomic mass is 10.1. The molecule has 102 valence electrons. The molecular formula is C12H13Cl3N4. The highest BCUT2D eigenvalue weighted by molar-refractivity contribution is 6.31. The van der Waals surface area contributed by atoms with Gasteiger partial charge in [-0.1, -0.05) is 37.0 Å². The summed E-state index contributed by atoms with van der Waals surface area (Å²) in [6, 6.07) is 3.36. The van der Waals surface area contributed by atoms with E-state index in [1.54, 1.807) is 16.8 Å². The Kier molecular flexibility index (Phi) is 4.66. The third kappa shape index (κ3) is 3.19. The van der Waals surface area contributed by atoms with Crippen LogP contribution in [0.5, 0.6) is 0 Å². The van der Waals surface area contributed by atoms with Crippen LogP contribution in [0.1, 0.15) is 25.1 Å². The van der Waals surface area contributed by atoms with Gasteiger partial charge in [0.1, 0.15) is 5.15 Å². The van der Waals surface area contributed by atoms with Gasteiger partial charge in [-0.05, 0) is 24.5 Å². The van der Waals surface area contributed by atoms with Crippen LogP contribution in [0.4, 0.5) is 0 Å². The summed E-state index contributed by atoms with van der Waals surface area (Å²) in [7, 11) is 0. The topological polar surface area (TPSA) is 43.6 Å². The first-order valence-corrected chi connectivity index (χ1v) is 7.13. The molecule has 0 unspecified atom stereocenters. The highest BCUT2D eigenvalue weighted by Crippen LogP contribution is 2.26. The van der Waals surface area contributed by atoms with Gasteiger partial charge in [0.15, 0.2) is 11.0 Å². The molecule has 0 fully saturated rings. The second-order valence-corrected chi connectivity index (χ2v) is 5.59. The third-order valence-corrected chi connectivity index (χ3v) is 3.43. The lowest BCUT2D eigenvalue weighted by molar-refractivity contribution is 0.624. The number of hydrogen-bond acceptors (Lipinski definition) is 3. The third-order valence-electron chi connectivity index (χ3n) is 2.57. The van der Waals surface area contributed by atoms with Crippen molar-refractivity contribution >= 4 is 34.8 Å². The summed E-state index contributed by atoms with van der Waals surface area (Å²) in [6.07, 6.45) is 0.815.